The summed E-state index contributed by atoms with van der Waals surface area (Å²) in [7, 11) is 0. The van der Waals surface area contributed by atoms with Gasteiger partial charge in [0, 0.05) is 17.5 Å². The number of rotatable bonds is 10. The number of carbonyl (C=O) groups excluding carboxylic acids is 1. The summed E-state index contributed by atoms with van der Waals surface area (Å²) in [6, 6.07) is 35.6. The van der Waals surface area contributed by atoms with Crippen molar-refractivity contribution in [2.45, 2.75) is 12.1 Å². The van der Waals surface area contributed by atoms with Crippen molar-refractivity contribution in [3.63, 3.8) is 0 Å². The number of aromatic nitrogens is 1. The molecule has 0 aliphatic carbocycles. The van der Waals surface area contributed by atoms with Crippen LogP contribution in [-0.4, -0.2) is 26.8 Å². The Morgan fingerprint density at radius 2 is 1.39 bits per heavy atom. The van der Waals surface area contributed by atoms with Gasteiger partial charge in [-0.15, -0.1) is 11.3 Å². The SMILES string of the molecule is O=C(OCc1ccc([N+](=O)[O-])cc1)C(=NO)c1csc(NC(c2ccccc2)(c2ccccc2)c2ccccc2)n1. The molecule has 1 aromatic heterocycles. The van der Waals surface area contributed by atoms with Crippen molar-refractivity contribution in [2.24, 2.45) is 5.16 Å². The summed E-state index contributed by atoms with van der Waals surface area (Å²) in [6.45, 7) is -0.162. The van der Waals surface area contributed by atoms with Crippen LogP contribution in [0, 0.1) is 10.1 Å². The van der Waals surface area contributed by atoms with E-state index in [1.54, 1.807) is 5.38 Å². The highest BCUT2D eigenvalue weighted by Gasteiger charge is 2.37. The fourth-order valence-electron chi connectivity index (χ4n) is 4.51. The molecule has 0 spiro atoms. The van der Waals surface area contributed by atoms with Gasteiger partial charge in [-0.2, -0.15) is 0 Å². The second-order valence-electron chi connectivity index (χ2n) is 8.96. The van der Waals surface area contributed by atoms with Crippen molar-refractivity contribution < 1.29 is 19.7 Å². The Kier molecular flexibility index (Phi) is 8.12. The smallest absolute Gasteiger partial charge is 0.363 e. The molecule has 0 atom stereocenters. The molecule has 41 heavy (non-hydrogen) atoms. The van der Waals surface area contributed by atoms with Crippen LogP contribution in [0.4, 0.5) is 10.8 Å². The molecule has 0 saturated heterocycles. The molecular formula is C31H24N4O5S. The van der Waals surface area contributed by atoms with Gasteiger partial charge < -0.3 is 15.3 Å². The summed E-state index contributed by atoms with van der Waals surface area (Å²) in [5, 5.41) is 29.4. The molecule has 0 radical (unpaired) electrons. The van der Waals surface area contributed by atoms with Crippen LogP contribution in [0.25, 0.3) is 0 Å². The van der Waals surface area contributed by atoms with Gasteiger partial charge in [-0.1, -0.05) is 96.2 Å². The topological polar surface area (TPSA) is 127 Å². The van der Waals surface area contributed by atoms with Crippen molar-refractivity contribution >= 4 is 33.8 Å². The molecule has 5 rings (SSSR count). The Labute approximate surface area is 239 Å². The number of esters is 1. The van der Waals surface area contributed by atoms with Crippen molar-refractivity contribution in [3.8, 4) is 0 Å². The monoisotopic (exact) mass is 564 g/mol. The van der Waals surface area contributed by atoms with E-state index < -0.39 is 16.4 Å². The van der Waals surface area contributed by atoms with Gasteiger partial charge in [-0.25, -0.2) is 9.78 Å². The highest BCUT2D eigenvalue weighted by molar-refractivity contribution is 7.14. The van der Waals surface area contributed by atoms with Crippen molar-refractivity contribution in [2.75, 3.05) is 5.32 Å². The number of nitro groups is 1. The molecule has 0 amide bonds. The van der Waals surface area contributed by atoms with E-state index in [0.717, 1.165) is 16.7 Å². The third-order valence-electron chi connectivity index (χ3n) is 6.47. The number of nitrogens with one attached hydrogen (secondary N) is 1. The summed E-state index contributed by atoms with van der Waals surface area (Å²) < 4.78 is 5.30. The van der Waals surface area contributed by atoms with Gasteiger partial charge in [0.2, 0.25) is 5.71 Å². The number of hydrogen-bond acceptors (Lipinski definition) is 9. The molecule has 1 heterocycles. The van der Waals surface area contributed by atoms with Gasteiger partial charge in [0.05, 0.1) is 4.92 Å². The van der Waals surface area contributed by atoms with Gasteiger partial charge in [0.25, 0.3) is 5.69 Å². The molecule has 0 saturated carbocycles. The zero-order valence-corrected chi connectivity index (χ0v) is 22.4. The Hall–Kier alpha value is -5.35. The number of oxime groups is 1. The van der Waals surface area contributed by atoms with Crippen LogP contribution in [0.2, 0.25) is 0 Å². The summed E-state index contributed by atoms with van der Waals surface area (Å²) >= 11 is 1.25. The van der Waals surface area contributed by atoms with Gasteiger partial charge in [0.15, 0.2) is 5.13 Å². The van der Waals surface area contributed by atoms with Crippen LogP contribution in [-0.2, 0) is 21.7 Å². The minimum atomic E-state index is -0.886. The fraction of sp³-hybridized carbons (Fsp3) is 0.0645. The third-order valence-corrected chi connectivity index (χ3v) is 7.23. The first-order valence-corrected chi connectivity index (χ1v) is 13.4. The second-order valence-corrected chi connectivity index (χ2v) is 9.82. The quantitative estimate of drug-likeness (QED) is 0.0503. The molecule has 4 aromatic carbocycles. The minimum absolute atomic E-state index is 0.0715. The van der Waals surface area contributed by atoms with E-state index in [-0.39, 0.29) is 23.7 Å². The van der Waals surface area contributed by atoms with Gasteiger partial charge in [0.1, 0.15) is 17.8 Å². The molecule has 10 heteroatoms. The lowest BCUT2D eigenvalue weighted by Gasteiger charge is -2.36. The van der Waals surface area contributed by atoms with E-state index in [1.807, 2.05) is 91.0 Å². The van der Waals surface area contributed by atoms with Crippen LogP contribution >= 0.6 is 11.3 Å². The predicted molar refractivity (Wildman–Crippen MR) is 156 cm³/mol. The molecule has 0 unspecified atom stereocenters. The molecular weight excluding hydrogens is 540 g/mol. The van der Waals surface area contributed by atoms with Crippen LogP contribution < -0.4 is 5.32 Å². The van der Waals surface area contributed by atoms with Gasteiger partial charge >= 0.3 is 5.97 Å². The average Bonchev–Trinajstić information content (AvgIpc) is 3.48. The molecule has 0 fully saturated rings. The lowest BCUT2D eigenvalue weighted by atomic mass is 9.77. The number of non-ortho nitro benzene ring substituents is 1. The number of thiazole rings is 1. The van der Waals surface area contributed by atoms with Gasteiger partial charge in [-0.05, 0) is 34.4 Å². The molecule has 0 aliphatic rings. The fourth-order valence-corrected chi connectivity index (χ4v) is 5.26. The van der Waals surface area contributed by atoms with Crippen LogP contribution in [0.15, 0.2) is 126 Å². The highest BCUT2D eigenvalue weighted by Crippen LogP contribution is 2.40. The Morgan fingerprint density at radius 1 is 0.878 bits per heavy atom. The first-order valence-electron chi connectivity index (χ1n) is 12.5. The summed E-state index contributed by atoms with van der Waals surface area (Å²) in [6.07, 6.45) is 0. The van der Waals surface area contributed by atoms with Crippen LogP contribution in [0.3, 0.4) is 0 Å². The summed E-state index contributed by atoms with van der Waals surface area (Å²) in [5.74, 6) is -0.886. The largest absolute Gasteiger partial charge is 0.456 e. The number of hydrogen-bond donors (Lipinski definition) is 2. The third kappa shape index (κ3) is 5.82. The second kappa shape index (κ2) is 12.2. The van der Waals surface area contributed by atoms with E-state index >= 15 is 0 Å². The number of carbonyl (C=O) groups is 1. The van der Waals surface area contributed by atoms with E-state index in [0.29, 0.717) is 10.7 Å². The first-order chi connectivity index (χ1) is 20.0. The lowest BCUT2D eigenvalue weighted by Crippen LogP contribution is -2.38. The first kappa shape index (κ1) is 27.2. The lowest BCUT2D eigenvalue weighted by molar-refractivity contribution is -0.384. The number of anilines is 1. The molecule has 9 nitrogen and oxygen atoms in total. The molecule has 5 aromatic rings. The Morgan fingerprint density at radius 3 is 1.85 bits per heavy atom. The molecule has 2 N–H and O–H groups in total. The summed E-state index contributed by atoms with van der Waals surface area (Å²) in [4.78, 5) is 27.7. The van der Waals surface area contributed by atoms with E-state index in [9.17, 15) is 20.1 Å². The maximum atomic E-state index is 12.8. The number of benzene rings is 4. The normalized spacial score (nSPS) is 11.6. The van der Waals surface area contributed by atoms with Crippen LogP contribution in [0.5, 0.6) is 0 Å². The standard InChI is InChI=1S/C31H24N4O5S/c36-29(40-20-22-16-18-26(19-17-22)35(38)39)28(34-37)27-21-41-30(32-27)33-31(23-10-4-1-5-11-23,24-12-6-2-7-13-24)25-14-8-3-9-15-25/h1-19,21,37H,20H2,(H,32,33). The van der Waals surface area contributed by atoms with E-state index in [1.165, 1.54) is 35.6 Å². The van der Waals surface area contributed by atoms with Crippen molar-refractivity contribution in [1.82, 2.24) is 4.98 Å². The van der Waals surface area contributed by atoms with Crippen molar-refractivity contribution in [1.29, 1.82) is 0 Å². The zero-order valence-electron chi connectivity index (χ0n) is 21.6. The number of nitrogens with zero attached hydrogens (tertiary/aromatic N) is 3. The maximum absolute atomic E-state index is 12.8. The summed E-state index contributed by atoms with van der Waals surface area (Å²) in [5.41, 5.74) is 2.36. The maximum Gasteiger partial charge on any atom is 0.363 e. The molecule has 0 bridgehead atoms. The minimum Gasteiger partial charge on any atom is -0.456 e. The van der Waals surface area contributed by atoms with E-state index in [2.05, 4.69) is 15.5 Å². The number of nitro benzene ring substituents is 1. The Balaban J connectivity index is 1.44. The van der Waals surface area contributed by atoms with Gasteiger partial charge in [-0.3, -0.25) is 10.1 Å². The molecule has 0 aliphatic heterocycles. The van der Waals surface area contributed by atoms with Crippen LogP contribution in [0.1, 0.15) is 27.9 Å². The van der Waals surface area contributed by atoms with E-state index in [4.69, 9.17) is 4.74 Å². The predicted octanol–water partition coefficient (Wildman–Crippen LogP) is 6.38. The zero-order chi connectivity index (χ0) is 28.7. The Bertz CT molecular complexity index is 1560. The average molecular weight is 565 g/mol. The van der Waals surface area contributed by atoms with Crippen molar-refractivity contribution in [3.05, 3.63) is 159 Å². The number of ether oxygens (including phenoxy) is 1. The highest BCUT2D eigenvalue weighted by atomic mass is 32.1. The molecule has 204 valence electrons.